The van der Waals surface area contributed by atoms with Gasteiger partial charge in [0, 0.05) is 27.8 Å². The molecule has 4 aromatic rings. The van der Waals surface area contributed by atoms with Gasteiger partial charge in [0.2, 0.25) is 0 Å². The molecule has 1 aliphatic rings. The molecule has 158 valence electrons. The predicted octanol–water partition coefficient (Wildman–Crippen LogP) is 7.36. The molecule has 1 atom stereocenters. The second-order valence-electron chi connectivity index (χ2n) is 7.65. The maximum Gasteiger partial charge on any atom is 0.262 e. The van der Waals surface area contributed by atoms with E-state index < -0.39 is 6.17 Å². The van der Waals surface area contributed by atoms with E-state index in [1.165, 1.54) is 0 Å². The average Bonchev–Trinajstić information content (AvgIpc) is 2.82. The van der Waals surface area contributed by atoms with Crippen molar-refractivity contribution < 1.29 is 4.79 Å². The Morgan fingerprint density at radius 3 is 1.97 bits per heavy atom. The molecular weight excluding hydrogens is 439 g/mol. The van der Waals surface area contributed by atoms with E-state index in [2.05, 4.69) is 17.0 Å². The summed E-state index contributed by atoms with van der Waals surface area (Å²) >= 11 is 13.4. The minimum Gasteiger partial charge on any atom is -0.342 e. The fourth-order valence-electron chi connectivity index (χ4n) is 4.26. The highest BCUT2D eigenvalue weighted by Crippen LogP contribution is 2.45. The van der Waals surface area contributed by atoms with Crippen molar-refractivity contribution in [2.75, 3.05) is 9.80 Å². The molecule has 0 bridgehead atoms. The van der Waals surface area contributed by atoms with E-state index in [0.717, 1.165) is 16.9 Å². The fourth-order valence-corrected chi connectivity index (χ4v) is 4.85. The molecule has 0 radical (unpaired) electrons. The Hall–Kier alpha value is -3.27. The summed E-state index contributed by atoms with van der Waals surface area (Å²) in [6.07, 6.45) is -0.513. The number of fused-ring (bicyclic) bond motifs is 1. The molecule has 3 nitrogen and oxygen atoms in total. The van der Waals surface area contributed by atoms with Crippen LogP contribution in [0.4, 0.5) is 11.4 Å². The summed E-state index contributed by atoms with van der Waals surface area (Å²) < 4.78 is 0. The summed E-state index contributed by atoms with van der Waals surface area (Å²) in [5, 5.41) is 1.04. The molecule has 0 aliphatic carbocycles. The number of amides is 1. The van der Waals surface area contributed by atoms with Crippen molar-refractivity contribution in [2.24, 2.45) is 0 Å². The number of carbonyl (C=O) groups excluding carboxylic acids is 1. The van der Waals surface area contributed by atoms with Crippen LogP contribution < -0.4 is 9.80 Å². The Morgan fingerprint density at radius 2 is 1.28 bits per heavy atom. The quantitative estimate of drug-likeness (QED) is 0.318. The molecule has 1 amide bonds. The van der Waals surface area contributed by atoms with Crippen LogP contribution in [0.25, 0.3) is 0 Å². The molecule has 1 aliphatic heterocycles. The first-order chi connectivity index (χ1) is 15.6. The van der Waals surface area contributed by atoms with Gasteiger partial charge in [0.1, 0.15) is 6.17 Å². The maximum atomic E-state index is 13.8. The molecule has 4 aromatic carbocycles. The molecule has 5 rings (SSSR count). The van der Waals surface area contributed by atoms with Crippen molar-refractivity contribution in [3.8, 4) is 0 Å². The van der Waals surface area contributed by atoms with E-state index in [0.29, 0.717) is 27.7 Å². The second-order valence-corrected chi connectivity index (χ2v) is 8.46. The van der Waals surface area contributed by atoms with Crippen molar-refractivity contribution in [1.82, 2.24) is 0 Å². The van der Waals surface area contributed by atoms with Crippen molar-refractivity contribution in [1.29, 1.82) is 0 Å². The van der Waals surface area contributed by atoms with Crippen molar-refractivity contribution in [3.63, 3.8) is 0 Å². The van der Waals surface area contributed by atoms with Gasteiger partial charge >= 0.3 is 0 Å². The Kier molecular flexibility index (Phi) is 5.60. The van der Waals surface area contributed by atoms with Crippen LogP contribution in [-0.2, 0) is 6.54 Å². The summed E-state index contributed by atoms with van der Waals surface area (Å²) in [6.45, 7) is 0.584. The zero-order valence-electron chi connectivity index (χ0n) is 17.2. The van der Waals surface area contributed by atoms with Gasteiger partial charge in [-0.25, -0.2) is 0 Å². The minimum atomic E-state index is -0.513. The van der Waals surface area contributed by atoms with Crippen LogP contribution in [0, 0.1) is 0 Å². The lowest BCUT2D eigenvalue weighted by Gasteiger charge is -2.46. The first kappa shape index (κ1) is 20.6. The van der Waals surface area contributed by atoms with E-state index >= 15 is 0 Å². The van der Waals surface area contributed by atoms with Gasteiger partial charge in [0.05, 0.1) is 11.3 Å². The van der Waals surface area contributed by atoms with E-state index in [9.17, 15) is 4.79 Å². The van der Waals surface area contributed by atoms with Crippen molar-refractivity contribution >= 4 is 40.5 Å². The first-order valence-electron chi connectivity index (χ1n) is 10.4. The summed E-state index contributed by atoms with van der Waals surface area (Å²) in [4.78, 5) is 17.8. The minimum absolute atomic E-state index is 0.0860. The van der Waals surface area contributed by atoms with Gasteiger partial charge in [-0.05, 0) is 42.0 Å². The molecule has 0 saturated carbocycles. The van der Waals surface area contributed by atoms with Gasteiger partial charge in [0.15, 0.2) is 0 Å². The molecule has 1 heterocycles. The maximum absolute atomic E-state index is 13.8. The zero-order chi connectivity index (χ0) is 22.1. The Morgan fingerprint density at radius 1 is 0.688 bits per heavy atom. The Balaban J connectivity index is 1.78. The Labute approximate surface area is 197 Å². The van der Waals surface area contributed by atoms with Gasteiger partial charge in [-0.15, -0.1) is 0 Å². The van der Waals surface area contributed by atoms with Gasteiger partial charge in [-0.3, -0.25) is 9.69 Å². The van der Waals surface area contributed by atoms with E-state index in [-0.39, 0.29) is 5.91 Å². The molecule has 0 fully saturated rings. The van der Waals surface area contributed by atoms with Crippen LogP contribution in [0.3, 0.4) is 0 Å². The predicted molar refractivity (Wildman–Crippen MR) is 132 cm³/mol. The number of carbonyl (C=O) groups is 1. The number of hydrogen-bond donors (Lipinski definition) is 0. The standard InChI is InChI=1S/C27H20Cl2N2O/c28-22-15-9-16-23(29)25(22)26-30(18-19-10-3-1-4-11-19)24-17-8-7-14-21(24)27(32)31(26)20-12-5-2-6-13-20/h1-17,26H,18H2/t26-/m1/s1. The van der Waals surface area contributed by atoms with Gasteiger partial charge in [-0.1, -0.05) is 89.9 Å². The third-order valence-corrected chi connectivity index (χ3v) is 6.35. The average molecular weight is 459 g/mol. The number of anilines is 2. The van der Waals surface area contributed by atoms with E-state index in [4.69, 9.17) is 23.2 Å². The van der Waals surface area contributed by atoms with Gasteiger partial charge in [-0.2, -0.15) is 0 Å². The zero-order valence-corrected chi connectivity index (χ0v) is 18.7. The van der Waals surface area contributed by atoms with Crippen LogP contribution in [0.5, 0.6) is 0 Å². The lowest BCUT2D eigenvalue weighted by atomic mass is 9.99. The number of para-hydroxylation sites is 2. The van der Waals surface area contributed by atoms with E-state index in [1.54, 1.807) is 4.90 Å². The number of benzene rings is 4. The highest BCUT2D eigenvalue weighted by atomic mass is 35.5. The molecule has 5 heteroatoms. The lowest BCUT2D eigenvalue weighted by molar-refractivity contribution is 0.0968. The summed E-state index contributed by atoms with van der Waals surface area (Å²) in [7, 11) is 0. The molecule has 32 heavy (non-hydrogen) atoms. The number of rotatable bonds is 4. The molecule has 0 aromatic heterocycles. The van der Waals surface area contributed by atoms with Gasteiger partial charge in [0.25, 0.3) is 5.91 Å². The number of halogens is 2. The summed E-state index contributed by atoms with van der Waals surface area (Å²) in [5.41, 5.74) is 4.11. The number of nitrogens with zero attached hydrogens (tertiary/aromatic N) is 2. The Bertz CT molecular complexity index is 1240. The first-order valence-corrected chi connectivity index (χ1v) is 11.1. The highest BCUT2D eigenvalue weighted by Gasteiger charge is 2.41. The summed E-state index contributed by atoms with van der Waals surface area (Å²) in [5.74, 6) is -0.0860. The SMILES string of the molecule is O=C1c2ccccc2N(Cc2ccccc2)[C@@H](c2c(Cl)cccc2Cl)N1c1ccccc1. The van der Waals surface area contributed by atoms with Gasteiger partial charge < -0.3 is 4.90 Å². The third-order valence-electron chi connectivity index (χ3n) is 5.69. The fraction of sp³-hybridized carbons (Fsp3) is 0.0741. The topological polar surface area (TPSA) is 23.6 Å². The lowest BCUT2D eigenvalue weighted by Crippen LogP contribution is -2.49. The van der Waals surface area contributed by atoms with E-state index in [1.807, 2.05) is 91.0 Å². The largest absolute Gasteiger partial charge is 0.342 e. The van der Waals surface area contributed by atoms with Crippen molar-refractivity contribution in [3.05, 3.63) is 130 Å². The molecule has 0 saturated heterocycles. The molecule has 0 unspecified atom stereocenters. The van der Waals surface area contributed by atoms with Crippen LogP contribution in [0.15, 0.2) is 103 Å². The number of hydrogen-bond acceptors (Lipinski definition) is 2. The molecule has 0 spiro atoms. The molecular formula is C27H20Cl2N2O. The van der Waals surface area contributed by atoms with Crippen LogP contribution in [-0.4, -0.2) is 5.91 Å². The van der Waals surface area contributed by atoms with Crippen LogP contribution in [0.1, 0.15) is 27.7 Å². The monoisotopic (exact) mass is 458 g/mol. The van der Waals surface area contributed by atoms with Crippen molar-refractivity contribution in [2.45, 2.75) is 12.7 Å². The third kappa shape index (κ3) is 3.64. The second kappa shape index (κ2) is 8.70. The van der Waals surface area contributed by atoms with Crippen LogP contribution >= 0.6 is 23.2 Å². The van der Waals surface area contributed by atoms with Crippen LogP contribution in [0.2, 0.25) is 10.0 Å². The smallest absolute Gasteiger partial charge is 0.262 e. The normalized spacial score (nSPS) is 15.6. The highest BCUT2D eigenvalue weighted by molar-refractivity contribution is 6.36. The molecule has 0 N–H and O–H groups in total. The summed E-state index contributed by atoms with van der Waals surface area (Å²) in [6, 6.07) is 33.0.